The van der Waals surface area contributed by atoms with Gasteiger partial charge < -0.3 is 4.74 Å². The molecule has 1 aromatic heterocycles. The Labute approximate surface area is 188 Å². The van der Waals surface area contributed by atoms with Crippen LogP contribution in [0.3, 0.4) is 0 Å². The van der Waals surface area contributed by atoms with Gasteiger partial charge in [0, 0.05) is 30.1 Å². The first-order valence-electron chi connectivity index (χ1n) is 8.52. The van der Waals surface area contributed by atoms with Crippen LogP contribution in [-0.4, -0.2) is 22.0 Å². The van der Waals surface area contributed by atoms with Crippen molar-refractivity contribution in [2.45, 2.75) is 6.61 Å². The summed E-state index contributed by atoms with van der Waals surface area (Å²) in [5.74, 6) is 0.237. The normalized spacial score (nSPS) is 10.7. The lowest BCUT2D eigenvalue weighted by Gasteiger charge is -2.11. The van der Waals surface area contributed by atoms with E-state index in [9.17, 15) is 14.9 Å². The minimum absolute atomic E-state index is 0.0285. The van der Waals surface area contributed by atoms with Crippen molar-refractivity contribution < 1.29 is 14.5 Å². The summed E-state index contributed by atoms with van der Waals surface area (Å²) in [6.45, 7) is 0.241. The second kappa shape index (κ2) is 10.1. The van der Waals surface area contributed by atoms with Crippen LogP contribution in [0, 0.1) is 10.1 Å². The number of carbonyl (C=O) groups excluding carboxylic acids is 1. The van der Waals surface area contributed by atoms with E-state index in [0.717, 1.165) is 11.1 Å². The maximum Gasteiger partial charge on any atom is 0.271 e. The number of ether oxygens (including phenoxy) is 1. The van der Waals surface area contributed by atoms with E-state index in [-0.39, 0.29) is 18.2 Å². The number of hydrazone groups is 1. The van der Waals surface area contributed by atoms with Crippen molar-refractivity contribution in [2.24, 2.45) is 5.10 Å². The van der Waals surface area contributed by atoms with Gasteiger partial charge in [-0.05, 0) is 79.4 Å². The molecule has 2 aromatic carbocycles. The predicted octanol–water partition coefficient (Wildman–Crippen LogP) is 4.86. The molecule has 0 spiro atoms. The highest BCUT2D eigenvalue weighted by Gasteiger charge is 2.10. The molecule has 0 unspecified atom stereocenters. The molecule has 10 heteroatoms. The van der Waals surface area contributed by atoms with Gasteiger partial charge in [-0.15, -0.1) is 0 Å². The highest BCUT2D eigenvalue weighted by atomic mass is 79.9. The Morgan fingerprint density at radius 3 is 2.37 bits per heavy atom. The lowest BCUT2D eigenvalue weighted by atomic mass is 10.2. The second-order valence-electron chi connectivity index (χ2n) is 5.96. The molecule has 3 aromatic rings. The molecule has 1 N–H and O–H groups in total. The van der Waals surface area contributed by atoms with Crippen LogP contribution < -0.4 is 10.2 Å². The zero-order valence-electron chi connectivity index (χ0n) is 15.3. The van der Waals surface area contributed by atoms with E-state index in [1.54, 1.807) is 36.4 Å². The van der Waals surface area contributed by atoms with Gasteiger partial charge in [-0.1, -0.05) is 0 Å². The number of pyridine rings is 1. The van der Waals surface area contributed by atoms with Crippen LogP contribution in [0.4, 0.5) is 5.69 Å². The molecule has 152 valence electrons. The first kappa shape index (κ1) is 21.6. The Kier molecular flexibility index (Phi) is 7.26. The van der Waals surface area contributed by atoms with E-state index in [1.807, 2.05) is 0 Å². The van der Waals surface area contributed by atoms with Crippen LogP contribution in [0.1, 0.15) is 21.5 Å². The summed E-state index contributed by atoms with van der Waals surface area (Å²) in [6, 6.07) is 12.9. The SMILES string of the molecule is O=C(NN=Cc1cc(Br)c(OCc2ccc([N+](=O)[O-])cc2)c(Br)c1)c1ccncc1. The molecule has 1 amide bonds. The summed E-state index contributed by atoms with van der Waals surface area (Å²) >= 11 is 6.92. The molecule has 0 fully saturated rings. The Morgan fingerprint density at radius 1 is 1.13 bits per heavy atom. The number of aromatic nitrogens is 1. The van der Waals surface area contributed by atoms with Crippen LogP contribution >= 0.6 is 31.9 Å². The van der Waals surface area contributed by atoms with Gasteiger partial charge >= 0.3 is 0 Å². The minimum Gasteiger partial charge on any atom is -0.487 e. The van der Waals surface area contributed by atoms with Crippen molar-refractivity contribution in [3.63, 3.8) is 0 Å². The predicted molar refractivity (Wildman–Crippen MR) is 119 cm³/mol. The molecular weight excluding hydrogens is 520 g/mol. The van der Waals surface area contributed by atoms with Crippen LogP contribution in [0.2, 0.25) is 0 Å². The molecular formula is C20H14Br2N4O4. The van der Waals surface area contributed by atoms with Gasteiger partial charge in [-0.3, -0.25) is 19.9 Å². The van der Waals surface area contributed by atoms with Crippen LogP contribution in [-0.2, 0) is 6.61 Å². The number of carbonyl (C=O) groups is 1. The Hall–Kier alpha value is -3.11. The molecule has 3 rings (SSSR count). The number of hydrogen-bond acceptors (Lipinski definition) is 6. The van der Waals surface area contributed by atoms with Gasteiger partial charge in [0.05, 0.1) is 20.1 Å². The van der Waals surface area contributed by atoms with Crippen LogP contribution in [0.25, 0.3) is 0 Å². The number of non-ortho nitro benzene ring substituents is 1. The second-order valence-corrected chi connectivity index (χ2v) is 7.67. The van der Waals surface area contributed by atoms with Crippen molar-refractivity contribution in [1.82, 2.24) is 10.4 Å². The smallest absolute Gasteiger partial charge is 0.271 e. The summed E-state index contributed by atoms with van der Waals surface area (Å²) in [6.07, 6.45) is 4.57. The van der Waals surface area contributed by atoms with E-state index >= 15 is 0 Å². The van der Waals surface area contributed by atoms with Crippen molar-refractivity contribution in [2.75, 3.05) is 0 Å². The highest BCUT2D eigenvalue weighted by molar-refractivity contribution is 9.11. The number of hydrogen-bond donors (Lipinski definition) is 1. The first-order valence-corrected chi connectivity index (χ1v) is 10.1. The third-order valence-electron chi connectivity index (χ3n) is 3.87. The van der Waals surface area contributed by atoms with Crippen molar-refractivity contribution >= 4 is 49.7 Å². The van der Waals surface area contributed by atoms with Gasteiger partial charge in [-0.25, -0.2) is 5.43 Å². The van der Waals surface area contributed by atoms with E-state index in [2.05, 4.69) is 47.4 Å². The standard InChI is InChI=1S/C20H14Br2N4O4/c21-17-9-14(11-24-25-20(27)15-5-7-23-8-6-15)10-18(22)19(17)30-12-13-1-3-16(4-2-13)26(28)29/h1-11H,12H2,(H,25,27). The third-order valence-corrected chi connectivity index (χ3v) is 5.05. The Bertz CT molecular complexity index is 1070. The summed E-state index contributed by atoms with van der Waals surface area (Å²) < 4.78 is 7.19. The molecule has 0 saturated heterocycles. The highest BCUT2D eigenvalue weighted by Crippen LogP contribution is 2.35. The quantitative estimate of drug-likeness (QED) is 0.265. The Balaban J connectivity index is 1.63. The van der Waals surface area contributed by atoms with Crippen molar-refractivity contribution in [3.8, 4) is 5.75 Å². The van der Waals surface area contributed by atoms with E-state index in [4.69, 9.17) is 4.74 Å². The summed E-state index contributed by atoms with van der Waals surface area (Å²) in [5.41, 5.74) is 4.46. The lowest BCUT2D eigenvalue weighted by molar-refractivity contribution is -0.384. The van der Waals surface area contributed by atoms with Crippen molar-refractivity contribution in [3.05, 3.63) is 96.7 Å². The lowest BCUT2D eigenvalue weighted by Crippen LogP contribution is -2.17. The van der Waals surface area contributed by atoms with E-state index < -0.39 is 4.92 Å². The molecule has 30 heavy (non-hydrogen) atoms. The van der Waals surface area contributed by atoms with Gasteiger partial charge in [0.1, 0.15) is 12.4 Å². The number of nitrogens with one attached hydrogen (secondary N) is 1. The van der Waals surface area contributed by atoms with Gasteiger partial charge in [0.15, 0.2) is 0 Å². The summed E-state index contributed by atoms with van der Waals surface area (Å²) in [5, 5.41) is 14.7. The average molecular weight is 534 g/mol. The summed E-state index contributed by atoms with van der Waals surface area (Å²) in [4.78, 5) is 26.1. The molecule has 0 bridgehead atoms. The molecule has 0 radical (unpaired) electrons. The van der Waals surface area contributed by atoms with Crippen molar-refractivity contribution in [1.29, 1.82) is 0 Å². The maximum atomic E-state index is 12.0. The molecule has 0 aliphatic carbocycles. The third kappa shape index (κ3) is 5.71. The first-order chi connectivity index (χ1) is 14.4. The van der Waals surface area contributed by atoms with Gasteiger partial charge in [-0.2, -0.15) is 5.10 Å². The number of halogens is 2. The molecule has 0 aliphatic rings. The largest absolute Gasteiger partial charge is 0.487 e. The van der Waals surface area contributed by atoms with Crippen LogP contribution in [0.15, 0.2) is 75.0 Å². The monoisotopic (exact) mass is 532 g/mol. The number of nitro groups is 1. The maximum absolute atomic E-state index is 12.0. The topological polar surface area (TPSA) is 107 Å². The average Bonchev–Trinajstić information content (AvgIpc) is 2.74. The number of nitro benzene ring substituents is 1. The fourth-order valence-electron chi connectivity index (χ4n) is 2.39. The number of amides is 1. The molecule has 1 heterocycles. The molecule has 8 nitrogen and oxygen atoms in total. The molecule has 0 saturated carbocycles. The minimum atomic E-state index is -0.447. The van der Waals surface area contributed by atoms with Gasteiger partial charge in [0.25, 0.3) is 11.6 Å². The van der Waals surface area contributed by atoms with E-state index in [0.29, 0.717) is 20.3 Å². The number of benzene rings is 2. The zero-order valence-corrected chi connectivity index (χ0v) is 18.5. The van der Waals surface area contributed by atoms with Gasteiger partial charge in [0.2, 0.25) is 0 Å². The summed E-state index contributed by atoms with van der Waals surface area (Å²) in [7, 11) is 0. The molecule has 0 aliphatic heterocycles. The number of nitrogens with zero attached hydrogens (tertiary/aromatic N) is 3. The fourth-order valence-corrected chi connectivity index (χ4v) is 3.85. The molecule has 0 atom stereocenters. The number of rotatable bonds is 7. The van der Waals surface area contributed by atoms with E-state index in [1.165, 1.54) is 30.7 Å². The fraction of sp³-hybridized carbons (Fsp3) is 0.0500. The Morgan fingerprint density at radius 2 is 1.77 bits per heavy atom. The zero-order chi connectivity index (χ0) is 21.5. The van der Waals surface area contributed by atoms with Crippen LogP contribution in [0.5, 0.6) is 5.75 Å².